The highest BCUT2D eigenvalue weighted by atomic mass is 16.3. The maximum atomic E-state index is 9.59. The van der Waals surface area contributed by atoms with Crippen molar-refractivity contribution in [2.24, 2.45) is 7.05 Å². The maximum Gasteiger partial charge on any atom is 0.123 e. The maximum absolute atomic E-state index is 9.59. The number of aryl methyl sites for hydroxylation is 1. The number of aliphatic hydroxyl groups is 1. The van der Waals surface area contributed by atoms with E-state index < -0.39 is 0 Å². The molecule has 1 unspecified atom stereocenters. The Morgan fingerprint density at radius 2 is 1.92 bits per heavy atom. The van der Waals surface area contributed by atoms with Gasteiger partial charge < -0.3 is 9.67 Å². The Hall–Kier alpha value is -1.43. The predicted molar refractivity (Wildman–Crippen MR) is 105 cm³/mol. The number of rotatable bonds is 5. The molecule has 1 aliphatic carbocycles. The Labute approximate surface area is 156 Å². The molecule has 0 spiro atoms. The molecule has 1 aliphatic heterocycles. The largest absolute Gasteiger partial charge is 0.396 e. The third-order valence-corrected chi connectivity index (χ3v) is 6.36. The molecule has 0 amide bonds. The molecule has 5 heteroatoms. The molecule has 2 fully saturated rings. The van der Waals surface area contributed by atoms with Gasteiger partial charge in [0.25, 0.3) is 0 Å². The summed E-state index contributed by atoms with van der Waals surface area (Å²) in [6, 6.07) is 9.58. The zero-order chi connectivity index (χ0) is 17.9. The zero-order valence-corrected chi connectivity index (χ0v) is 16.0. The summed E-state index contributed by atoms with van der Waals surface area (Å²) in [5.74, 6) is 1.14. The number of fused-ring (bicyclic) bond motifs is 1. The minimum absolute atomic E-state index is 0.286. The number of hydrogen-bond acceptors (Lipinski definition) is 4. The quantitative estimate of drug-likeness (QED) is 0.895. The third-order valence-electron chi connectivity index (χ3n) is 6.36. The highest BCUT2D eigenvalue weighted by Gasteiger charge is 2.32. The minimum Gasteiger partial charge on any atom is -0.396 e. The molecule has 2 aromatic rings. The average molecular weight is 357 g/mol. The number of benzene rings is 1. The van der Waals surface area contributed by atoms with E-state index in [-0.39, 0.29) is 6.61 Å². The Kier molecular flexibility index (Phi) is 5.57. The van der Waals surface area contributed by atoms with Gasteiger partial charge in [-0.05, 0) is 31.4 Å². The van der Waals surface area contributed by atoms with E-state index in [1.54, 1.807) is 0 Å². The van der Waals surface area contributed by atoms with E-state index in [0.29, 0.717) is 6.04 Å². The van der Waals surface area contributed by atoms with E-state index in [1.807, 2.05) is 0 Å². The van der Waals surface area contributed by atoms with Crippen molar-refractivity contribution in [3.63, 3.8) is 0 Å². The summed E-state index contributed by atoms with van der Waals surface area (Å²) in [7, 11) is 2.12. The second kappa shape index (κ2) is 8.07. The highest BCUT2D eigenvalue weighted by molar-refractivity contribution is 5.75. The lowest BCUT2D eigenvalue weighted by molar-refractivity contribution is 0.0126. The predicted octanol–water partition coefficient (Wildman–Crippen LogP) is 2.77. The van der Waals surface area contributed by atoms with Crippen LogP contribution in [0.2, 0.25) is 0 Å². The van der Waals surface area contributed by atoms with Crippen LogP contribution in [0.25, 0.3) is 11.0 Å². The van der Waals surface area contributed by atoms with Crippen LogP contribution in [0.15, 0.2) is 24.3 Å². The molecular formula is C21H32N4O. The van der Waals surface area contributed by atoms with E-state index in [9.17, 15) is 5.11 Å². The SMILES string of the molecule is Cn1c(CN2CCN(C3CCCCC3)C(CCO)C2)nc2ccccc21. The first kappa shape index (κ1) is 18.0. The fourth-order valence-electron chi connectivity index (χ4n) is 4.91. The standard InChI is InChI=1S/C21H32N4O/c1-23-20-10-6-5-9-19(20)22-21(23)16-24-12-13-25(18(15-24)11-14-26)17-7-3-2-4-8-17/h5-6,9-10,17-18,26H,2-4,7-8,11-16H2,1H3. The molecule has 2 aliphatic rings. The van der Waals surface area contributed by atoms with Gasteiger partial charge in [-0.1, -0.05) is 31.4 Å². The second-order valence-corrected chi connectivity index (χ2v) is 8.01. The van der Waals surface area contributed by atoms with Crippen molar-refractivity contribution < 1.29 is 5.11 Å². The van der Waals surface area contributed by atoms with Gasteiger partial charge >= 0.3 is 0 Å². The van der Waals surface area contributed by atoms with Gasteiger partial charge in [-0.3, -0.25) is 9.80 Å². The second-order valence-electron chi connectivity index (χ2n) is 8.01. The molecule has 1 atom stereocenters. The molecule has 26 heavy (non-hydrogen) atoms. The fraction of sp³-hybridized carbons (Fsp3) is 0.667. The van der Waals surface area contributed by atoms with Crippen molar-refractivity contribution in [1.82, 2.24) is 19.4 Å². The van der Waals surface area contributed by atoms with Gasteiger partial charge in [-0.2, -0.15) is 0 Å². The lowest BCUT2D eigenvalue weighted by Crippen LogP contribution is -2.56. The molecule has 1 aromatic carbocycles. The van der Waals surface area contributed by atoms with E-state index in [2.05, 4.69) is 45.7 Å². The van der Waals surface area contributed by atoms with Crippen LogP contribution in [0.5, 0.6) is 0 Å². The van der Waals surface area contributed by atoms with Crippen LogP contribution in [0, 0.1) is 0 Å². The lowest BCUT2D eigenvalue weighted by Gasteiger charge is -2.46. The van der Waals surface area contributed by atoms with Crippen molar-refractivity contribution in [3.8, 4) is 0 Å². The van der Waals surface area contributed by atoms with Crippen molar-refractivity contribution in [1.29, 1.82) is 0 Å². The van der Waals surface area contributed by atoms with Crippen LogP contribution in [-0.4, -0.2) is 62.8 Å². The molecule has 1 aromatic heterocycles. The van der Waals surface area contributed by atoms with Gasteiger partial charge in [0.15, 0.2) is 0 Å². The average Bonchev–Trinajstić information content (AvgIpc) is 2.99. The number of hydrogen-bond donors (Lipinski definition) is 1. The number of aromatic nitrogens is 2. The first-order valence-corrected chi connectivity index (χ1v) is 10.3. The van der Waals surface area contributed by atoms with E-state index in [0.717, 1.165) is 50.0 Å². The summed E-state index contributed by atoms with van der Waals surface area (Å²) in [6.07, 6.45) is 7.70. The van der Waals surface area contributed by atoms with E-state index in [1.165, 1.54) is 37.6 Å². The molecule has 5 nitrogen and oxygen atoms in total. The molecule has 1 saturated heterocycles. The van der Waals surface area contributed by atoms with Crippen LogP contribution in [0.1, 0.15) is 44.3 Å². The number of para-hydroxylation sites is 2. The van der Waals surface area contributed by atoms with Gasteiger partial charge in [-0.25, -0.2) is 4.98 Å². The molecule has 1 N–H and O–H groups in total. The fourth-order valence-corrected chi connectivity index (χ4v) is 4.91. The van der Waals surface area contributed by atoms with Crippen molar-refractivity contribution in [3.05, 3.63) is 30.1 Å². The van der Waals surface area contributed by atoms with E-state index >= 15 is 0 Å². The molecule has 142 valence electrons. The van der Waals surface area contributed by atoms with Gasteiger partial charge in [-0.15, -0.1) is 0 Å². The van der Waals surface area contributed by atoms with Crippen molar-refractivity contribution in [2.45, 2.75) is 57.2 Å². The zero-order valence-electron chi connectivity index (χ0n) is 16.0. The van der Waals surface area contributed by atoms with Crippen LogP contribution in [0.3, 0.4) is 0 Å². The molecule has 0 radical (unpaired) electrons. The summed E-state index contributed by atoms with van der Waals surface area (Å²) < 4.78 is 2.23. The minimum atomic E-state index is 0.286. The first-order valence-electron chi connectivity index (χ1n) is 10.3. The topological polar surface area (TPSA) is 44.5 Å². The Bertz CT molecular complexity index is 722. The summed E-state index contributed by atoms with van der Waals surface area (Å²) in [4.78, 5) is 10.1. The highest BCUT2D eigenvalue weighted by Crippen LogP contribution is 2.27. The Morgan fingerprint density at radius 1 is 1.12 bits per heavy atom. The summed E-state index contributed by atoms with van der Waals surface area (Å²) >= 11 is 0. The van der Waals surface area contributed by atoms with Gasteiger partial charge in [0.1, 0.15) is 5.82 Å². The van der Waals surface area contributed by atoms with Crippen LogP contribution >= 0.6 is 0 Å². The number of imidazole rings is 1. The van der Waals surface area contributed by atoms with Gasteiger partial charge in [0.05, 0.1) is 17.6 Å². The first-order chi connectivity index (χ1) is 12.8. The Balaban J connectivity index is 1.45. The van der Waals surface area contributed by atoms with Gasteiger partial charge in [0.2, 0.25) is 0 Å². The van der Waals surface area contributed by atoms with Crippen LogP contribution < -0.4 is 0 Å². The summed E-state index contributed by atoms with van der Waals surface area (Å²) in [5.41, 5.74) is 2.29. The molecule has 0 bridgehead atoms. The summed E-state index contributed by atoms with van der Waals surface area (Å²) in [6.45, 7) is 4.45. The molecular weight excluding hydrogens is 324 g/mol. The van der Waals surface area contributed by atoms with E-state index in [4.69, 9.17) is 4.98 Å². The van der Waals surface area contributed by atoms with Crippen molar-refractivity contribution in [2.75, 3.05) is 26.2 Å². The Morgan fingerprint density at radius 3 is 2.69 bits per heavy atom. The molecule has 4 rings (SSSR count). The lowest BCUT2D eigenvalue weighted by atomic mass is 9.92. The van der Waals surface area contributed by atoms with Gasteiger partial charge in [0, 0.05) is 45.4 Å². The number of aliphatic hydroxyl groups excluding tert-OH is 1. The third kappa shape index (κ3) is 3.66. The normalized spacial score (nSPS) is 23.7. The smallest absolute Gasteiger partial charge is 0.123 e. The summed E-state index contributed by atoms with van der Waals surface area (Å²) in [5, 5.41) is 9.59. The van der Waals surface area contributed by atoms with Crippen LogP contribution in [-0.2, 0) is 13.6 Å². The van der Waals surface area contributed by atoms with Crippen molar-refractivity contribution >= 4 is 11.0 Å². The molecule has 2 heterocycles. The van der Waals surface area contributed by atoms with Crippen LogP contribution in [0.4, 0.5) is 0 Å². The monoisotopic (exact) mass is 356 g/mol. The molecule has 1 saturated carbocycles. The number of piperazine rings is 1. The number of nitrogens with zero attached hydrogens (tertiary/aromatic N) is 4.